The van der Waals surface area contributed by atoms with E-state index in [-0.39, 0.29) is 5.91 Å². The van der Waals surface area contributed by atoms with Crippen LogP contribution in [0, 0.1) is 13.8 Å². The monoisotopic (exact) mass is 354 g/mol. The molecule has 1 amide bonds. The normalized spacial score (nSPS) is 14.9. The van der Waals surface area contributed by atoms with Crippen molar-refractivity contribution in [3.8, 4) is 5.75 Å². The molecule has 2 heterocycles. The van der Waals surface area contributed by atoms with Gasteiger partial charge in [-0.05, 0) is 32.1 Å². The highest BCUT2D eigenvalue weighted by Gasteiger charge is 2.20. The first-order valence-corrected chi connectivity index (χ1v) is 8.86. The Kier molecular flexibility index (Phi) is 5.30. The van der Waals surface area contributed by atoms with Crippen LogP contribution in [0.5, 0.6) is 5.75 Å². The van der Waals surface area contributed by atoms with E-state index in [1.54, 1.807) is 13.2 Å². The highest BCUT2D eigenvalue weighted by atomic mass is 16.5. The number of carbonyl (C=O) groups excluding carboxylic acids is 1. The lowest BCUT2D eigenvalue weighted by Gasteiger charge is -2.35. The molecular formula is C20H26N4O2. The lowest BCUT2D eigenvalue weighted by atomic mass is 10.1. The molecule has 6 nitrogen and oxygen atoms in total. The number of hydrogen-bond acceptors (Lipinski definition) is 4. The number of methoxy groups -OCH3 is 1. The van der Waals surface area contributed by atoms with E-state index < -0.39 is 0 Å². The summed E-state index contributed by atoms with van der Waals surface area (Å²) in [7, 11) is 3.59. The van der Waals surface area contributed by atoms with Gasteiger partial charge in [-0.25, -0.2) is 0 Å². The van der Waals surface area contributed by atoms with Crippen LogP contribution in [0.3, 0.4) is 0 Å². The summed E-state index contributed by atoms with van der Waals surface area (Å²) in [5.41, 5.74) is 4.16. The zero-order valence-corrected chi connectivity index (χ0v) is 15.9. The number of carbonyl (C=O) groups is 1. The molecule has 3 rings (SSSR count). The van der Waals surface area contributed by atoms with Crippen LogP contribution in [0.2, 0.25) is 0 Å². The average Bonchev–Trinajstić information content (AvgIpc) is 2.91. The predicted octanol–water partition coefficient (Wildman–Crippen LogP) is 2.41. The Balaban J connectivity index is 1.60. The fourth-order valence-corrected chi connectivity index (χ4v) is 3.28. The van der Waals surface area contributed by atoms with Crippen molar-refractivity contribution in [3.63, 3.8) is 0 Å². The molecule has 0 aliphatic carbocycles. The number of hydrogen-bond donors (Lipinski definition) is 0. The van der Waals surface area contributed by atoms with Crippen molar-refractivity contribution < 1.29 is 9.53 Å². The maximum Gasteiger partial charge on any atom is 0.246 e. The Labute approximate surface area is 154 Å². The van der Waals surface area contributed by atoms with Crippen molar-refractivity contribution in [1.29, 1.82) is 0 Å². The summed E-state index contributed by atoms with van der Waals surface area (Å²) in [5.74, 6) is 0.907. The zero-order valence-electron chi connectivity index (χ0n) is 15.9. The number of nitrogens with zero attached hydrogens (tertiary/aromatic N) is 4. The molecule has 1 aliphatic heterocycles. The van der Waals surface area contributed by atoms with Crippen LogP contribution in [0.4, 0.5) is 5.69 Å². The Morgan fingerprint density at radius 3 is 2.54 bits per heavy atom. The number of rotatable bonds is 4. The van der Waals surface area contributed by atoms with E-state index >= 15 is 0 Å². The third-order valence-corrected chi connectivity index (χ3v) is 4.97. The highest BCUT2D eigenvalue weighted by Crippen LogP contribution is 2.22. The molecular weight excluding hydrogens is 328 g/mol. The maximum absolute atomic E-state index is 12.5. The molecule has 0 saturated carbocycles. The summed E-state index contributed by atoms with van der Waals surface area (Å²) < 4.78 is 7.13. The fraction of sp³-hybridized carbons (Fsp3) is 0.400. The van der Waals surface area contributed by atoms with Gasteiger partial charge in [0.25, 0.3) is 0 Å². The van der Waals surface area contributed by atoms with Gasteiger partial charge in [0.1, 0.15) is 5.75 Å². The first-order chi connectivity index (χ1) is 12.5. The van der Waals surface area contributed by atoms with E-state index in [9.17, 15) is 4.79 Å². The molecule has 6 heteroatoms. The van der Waals surface area contributed by atoms with Gasteiger partial charge >= 0.3 is 0 Å². The molecule has 1 saturated heterocycles. The second kappa shape index (κ2) is 7.64. The van der Waals surface area contributed by atoms with Crippen LogP contribution < -0.4 is 9.64 Å². The second-order valence-electron chi connectivity index (χ2n) is 6.56. The van der Waals surface area contributed by atoms with E-state index in [4.69, 9.17) is 4.74 Å². The second-order valence-corrected chi connectivity index (χ2v) is 6.56. The Bertz CT molecular complexity index is 817. The number of benzene rings is 1. The van der Waals surface area contributed by atoms with Crippen molar-refractivity contribution in [2.45, 2.75) is 13.8 Å². The Hall–Kier alpha value is -2.76. The van der Waals surface area contributed by atoms with Gasteiger partial charge in [-0.3, -0.25) is 9.48 Å². The quantitative estimate of drug-likeness (QED) is 0.791. The third-order valence-electron chi connectivity index (χ3n) is 4.97. The van der Waals surface area contributed by atoms with Crippen molar-refractivity contribution >= 4 is 17.7 Å². The molecule has 1 aromatic heterocycles. The SMILES string of the molecule is COc1cccc(N2CCN(C(=O)/C=C/c3c(C)nn(C)c3C)CC2)c1. The van der Waals surface area contributed by atoms with Crippen LogP contribution in [0.15, 0.2) is 30.3 Å². The molecule has 2 aromatic rings. The Morgan fingerprint density at radius 2 is 1.92 bits per heavy atom. The van der Waals surface area contributed by atoms with Gasteiger partial charge in [0.05, 0.1) is 12.8 Å². The van der Waals surface area contributed by atoms with Gasteiger partial charge in [0, 0.05) is 62.3 Å². The summed E-state index contributed by atoms with van der Waals surface area (Å²) in [6.07, 6.45) is 3.55. The summed E-state index contributed by atoms with van der Waals surface area (Å²) in [5, 5.41) is 4.38. The Morgan fingerprint density at radius 1 is 1.19 bits per heavy atom. The molecule has 0 N–H and O–H groups in total. The van der Waals surface area contributed by atoms with Crippen LogP contribution in [0.1, 0.15) is 17.0 Å². The summed E-state index contributed by atoms with van der Waals surface area (Å²) in [6.45, 7) is 7.03. The molecule has 1 aromatic carbocycles. The lowest BCUT2D eigenvalue weighted by molar-refractivity contribution is -0.126. The topological polar surface area (TPSA) is 50.6 Å². The molecule has 0 bridgehead atoms. The first-order valence-electron chi connectivity index (χ1n) is 8.86. The molecule has 26 heavy (non-hydrogen) atoms. The average molecular weight is 354 g/mol. The largest absolute Gasteiger partial charge is 0.497 e. The van der Waals surface area contributed by atoms with Gasteiger partial charge in [0.2, 0.25) is 5.91 Å². The van der Waals surface area contributed by atoms with E-state index in [2.05, 4.69) is 16.1 Å². The van der Waals surface area contributed by atoms with E-state index in [1.807, 2.05) is 54.8 Å². The van der Waals surface area contributed by atoms with Crippen molar-refractivity contribution in [2.75, 3.05) is 38.2 Å². The van der Waals surface area contributed by atoms with E-state index in [0.717, 1.165) is 41.5 Å². The highest BCUT2D eigenvalue weighted by molar-refractivity contribution is 5.92. The van der Waals surface area contributed by atoms with E-state index in [1.165, 1.54) is 0 Å². The minimum atomic E-state index is 0.0537. The number of amides is 1. The zero-order chi connectivity index (χ0) is 18.7. The molecule has 0 unspecified atom stereocenters. The molecule has 138 valence electrons. The van der Waals surface area contributed by atoms with Crippen molar-refractivity contribution in [1.82, 2.24) is 14.7 Å². The van der Waals surface area contributed by atoms with Crippen molar-refractivity contribution in [3.05, 3.63) is 47.3 Å². The van der Waals surface area contributed by atoms with Gasteiger partial charge in [0.15, 0.2) is 0 Å². The van der Waals surface area contributed by atoms with Gasteiger partial charge in [-0.15, -0.1) is 0 Å². The number of ether oxygens (including phenoxy) is 1. The minimum Gasteiger partial charge on any atom is -0.497 e. The van der Waals surface area contributed by atoms with Gasteiger partial charge in [-0.2, -0.15) is 5.10 Å². The number of anilines is 1. The molecule has 1 fully saturated rings. The summed E-state index contributed by atoms with van der Waals surface area (Å²) in [4.78, 5) is 16.7. The summed E-state index contributed by atoms with van der Waals surface area (Å²) >= 11 is 0. The number of aryl methyl sites for hydroxylation is 2. The maximum atomic E-state index is 12.5. The molecule has 0 spiro atoms. The summed E-state index contributed by atoms with van der Waals surface area (Å²) in [6, 6.07) is 8.04. The van der Waals surface area contributed by atoms with Crippen LogP contribution in [-0.2, 0) is 11.8 Å². The molecule has 0 radical (unpaired) electrons. The number of aromatic nitrogens is 2. The smallest absolute Gasteiger partial charge is 0.246 e. The van der Waals surface area contributed by atoms with Crippen LogP contribution in [-0.4, -0.2) is 53.9 Å². The van der Waals surface area contributed by atoms with Crippen LogP contribution in [0.25, 0.3) is 6.08 Å². The standard InChI is InChI=1S/C20H26N4O2/c1-15-19(16(2)22(3)21-15)8-9-20(25)24-12-10-23(11-13-24)17-6-5-7-18(14-17)26-4/h5-9,14H,10-13H2,1-4H3/b9-8+. The fourth-order valence-electron chi connectivity index (χ4n) is 3.28. The van der Waals surface area contributed by atoms with E-state index in [0.29, 0.717) is 13.1 Å². The van der Waals surface area contributed by atoms with Gasteiger partial charge < -0.3 is 14.5 Å². The minimum absolute atomic E-state index is 0.0537. The molecule has 1 aliphatic rings. The molecule has 0 atom stereocenters. The van der Waals surface area contributed by atoms with Crippen molar-refractivity contribution in [2.24, 2.45) is 7.05 Å². The number of piperazine rings is 1. The predicted molar refractivity (Wildman–Crippen MR) is 104 cm³/mol. The third kappa shape index (κ3) is 3.74. The first kappa shape index (κ1) is 18.0. The lowest BCUT2D eigenvalue weighted by Crippen LogP contribution is -2.48. The van der Waals surface area contributed by atoms with Crippen LogP contribution >= 0.6 is 0 Å². The van der Waals surface area contributed by atoms with Gasteiger partial charge in [-0.1, -0.05) is 6.07 Å².